The van der Waals surface area contributed by atoms with Crippen molar-refractivity contribution in [3.05, 3.63) is 181 Å². The Kier molecular flexibility index (Phi) is 8.73. The molecule has 0 aromatic heterocycles. The van der Waals surface area contributed by atoms with Crippen molar-refractivity contribution >= 4 is 46.3 Å². The Labute approximate surface area is 244 Å². The molecule has 2 nitrogen and oxygen atoms in total. The van der Waals surface area contributed by atoms with Crippen LogP contribution in [0.5, 0.6) is 0 Å². The lowest BCUT2D eigenvalue weighted by Gasteiger charge is -2.25. The van der Waals surface area contributed by atoms with Crippen LogP contribution in [0.15, 0.2) is 170 Å². The van der Waals surface area contributed by atoms with Gasteiger partial charge in [0, 0.05) is 34.1 Å². The molecule has 41 heavy (non-hydrogen) atoms. The molecule has 0 N–H and O–H groups in total. The Morgan fingerprint density at radius 1 is 0.268 bits per heavy atom. The van der Waals surface area contributed by atoms with E-state index in [4.69, 9.17) is 0 Å². The average molecular weight is 531 g/mol. The van der Waals surface area contributed by atoms with Gasteiger partial charge in [-0.15, -0.1) is 0 Å². The number of benzene rings is 6. The third-order valence-corrected chi connectivity index (χ3v) is 6.83. The van der Waals surface area contributed by atoms with E-state index in [0.29, 0.717) is 0 Å². The maximum atomic E-state index is 2.28. The van der Waals surface area contributed by atoms with Crippen LogP contribution in [0.1, 0.15) is 18.6 Å². The molecule has 0 aliphatic heterocycles. The summed E-state index contributed by atoms with van der Waals surface area (Å²) in [5, 5.41) is 0. The minimum Gasteiger partial charge on any atom is -0.311 e. The van der Waals surface area contributed by atoms with E-state index < -0.39 is 0 Å². The Hall–Kier alpha value is -5.34. The highest BCUT2D eigenvalue weighted by Gasteiger charge is 2.12. The van der Waals surface area contributed by atoms with Gasteiger partial charge in [0.1, 0.15) is 0 Å². The van der Waals surface area contributed by atoms with E-state index in [1.807, 2.05) is 24.3 Å². The molecule has 0 radical (unpaired) electrons. The predicted molar refractivity (Wildman–Crippen MR) is 178 cm³/mol. The Morgan fingerprint density at radius 2 is 0.488 bits per heavy atom. The van der Waals surface area contributed by atoms with Crippen LogP contribution in [-0.2, 0) is 0 Å². The highest BCUT2D eigenvalue weighted by Crippen LogP contribution is 2.35. The Balaban J connectivity index is 0.00000337. The van der Waals surface area contributed by atoms with Gasteiger partial charge in [0.25, 0.3) is 0 Å². The van der Waals surface area contributed by atoms with Gasteiger partial charge >= 0.3 is 0 Å². The van der Waals surface area contributed by atoms with E-state index in [0.717, 1.165) is 45.3 Å². The van der Waals surface area contributed by atoms with E-state index in [1.54, 1.807) is 0 Å². The lowest BCUT2D eigenvalue weighted by molar-refractivity contribution is 1.28. The van der Waals surface area contributed by atoms with E-state index in [-0.39, 0.29) is 7.43 Å². The second-order valence-corrected chi connectivity index (χ2v) is 9.53. The Bertz CT molecular complexity index is 1440. The van der Waals surface area contributed by atoms with Crippen LogP contribution in [0.4, 0.5) is 34.1 Å². The van der Waals surface area contributed by atoms with Crippen molar-refractivity contribution in [3.63, 3.8) is 0 Å². The van der Waals surface area contributed by atoms with E-state index in [1.165, 1.54) is 0 Å². The van der Waals surface area contributed by atoms with Crippen molar-refractivity contribution in [3.8, 4) is 0 Å². The van der Waals surface area contributed by atoms with Gasteiger partial charge in [0.15, 0.2) is 0 Å². The Morgan fingerprint density at radius 3 is 0.732 bits per heavy atom. The summed E-state index contributed by atoms with van der Waals surface area (Å²) in [6.07, 6.45) is 4.33. The number of rotatable bonds is 8. The van der Waals surface area contributed by atoms with Crippen LogP contribution in [0.25, 0.3) is 12.2 Å². The van der Waals surface area contributed by atoms with Gasteiger partial charge in [0.2, 0.25) is 0 Å². The van der Waals surface area contributed by atoms with Crippen molar-refractivity contribution in [1.82, 2.24) is 0 Å². The standard InChI is InChI=1S/C38H30N2.CH4/c1-5-13-33(14-6-1)39(34-15-7-2-8-16-34)37-27-23-31(24-28-37)21-22-32-25-29-38(30-26-32)40(35-17-9-3-10-18-35)36-19-11-4-12-20-36;/h1-30H;1H4/b22-21+;. The predicted octanol–water partition coefficient (Wildman–Crippen LogP) is 11.4. The number of nitrogens with zero attached hydrogens (tertiary/aromatic N) is 2. The molecule has 0 amide bonds. The smallest absolute Gasteiger partial charge is 0.0462 e. The molecule has 6 aromatic rings. The molecule has 6 aromatic carbocycles. The first-order valence-electron chi connectivity index (χ1n) is 13.5. The quantitative estimate of drug-likeness (QED) is 0.181. The number of hydrogen-bond donors (Lipinski definition) is 0. The van der Waals surface area contributed by atoms with Crippen LogP contribution in [0, 0.1) is 0 Å². The maximum Gasteiger partial charge on any atom is 0.0462 e. The molecule has 0 fully saturated rings. The molecule has 0 aliphatic rings. The summed E-state index contributed by atoms with van der Waals surface area (Å²) in [5.41, 5.74) is 9.11. The molecule has 2 heteroatoms. The first-order chi connectivity index (χ1) is 19.8. The van der Waals surface area contributed by atoms with E-state index >= 15 is 0 Å². The lowest BCUT2D eigenvalue weighted by atomic mass is 10.1. The fourth-order valence-corrected chi connectivity index (χ4v) is 4.86. The largest absolute Gasteiger partial charge is 0.311 e. The molecule has 0 heterocycles. The fraction of sp³-hybridized carbons (Fsp3) is 0.0256. The average Bonchev–Trinajstić information content (AvgIpc) is 3.04. The van der Waals surface area contributed by atoms with Gasteiger partial charge in [-0.25, -0.2) is 0 Å². The van der Waals surface area contributed by atoms with Crippen LogP contribution in [0.3, 0.4) is 0 Å². The molecule has 0 spiro atoms. The van der Waals surface area contributed by atoms with Crippen molar-refractivity contribution in [2.45, 2.75) is 7.43 Å². The van der Waals surface area contributed by atoms with E-state index in [2.05, 4.69) is 168 Å². The highest BCUT2D eigenvalue weighted by molar-refractivity contribution is 5.80. The number of hydrogen-bond acceptors (Lipinski definition) is 2. The summed E-state index contributed by atoms with van der Waals surface area (Å²) in [5.74, 6) is 0. The van der Waals surface area contributed by atoms with Crippen molar-refractivity contribution in [1.29, 1.82) is 0 Å². The van der Waals surface area contributed by atoms with Gasteiger partial charge in [-0.2, -0.15) is 0 Å². The van der Waals surface area contributed by atoms with Gasteiger partial charge in [-0.1, -0.05) is 117 Å². The van der Waals surface area contributed by atoms with Crippen molar-refractivity contribution in [2.24, 2.45) is 0 Å². The number of para-hydroxylation sites is 4. The second kappa shape index (κ2) is 13.1. The molecule has 200 valence electrons. The maximum absolute atomic E-state index is 2.28. The first-order valence-corrected chi connectivity index (χ1v) is 13.5. The highest BCUT2D eigenvalue weighted by atomic mass is 15.1. The summed E-state index contributed by atoms with van der Waals surface area (Å²) in [6.45, 7) is 0. The van der Waals surface area contributed by atoms with Gasteiger partial charge in [0.05, 0.1) is 0 Å². The van der Waals surface area contributed by atoms with Crippen LogP contribution >= 0.6 is 0 Å². The molecular weight excluding hydrogens is 496 g/mol. The molecular formula is C39H34N2. The van der Waals surface area contributed by atoms with Gasteiger partial charge in [-0.05, 0) is 83.9 Å². The normalized spacial score (nSPS) is 10.6. The van der Waals surface area contributed by atoms with Gasteiger partial charge < -0.3 is 9.80 Å². The second-order valence-electron chi connectivity index (χ2n) is 9.53. The van der Waals surface area contributed by atoms with E-state index in [9.17, 15) is 0 Å². The zero-order valence-corrected chi connectivity index (χ0v) is 22.2. The summed E-state index contributed by atoms with van der Waals surface area (Å²) < 4.78 is 0. The minimum absolute atomic E-state index is 0. The van der Waals surface area contributed by atoms with Gasteiger partial charge in [-0.3, -0.25) is 0 Å². The lowest BCUT2D eigenvalue weighted by Crippen LogP contribution is -2.09. The third-order valence-electron chi connectivity index (χ3n) is 6.83. The third kappa shape index (κ3) is 6.46. The zero-order valence-electron chi connectivity index (χ0n) is 22.2. The molecule has 0 atom stereocenters. The van der Waals surface area contributed by atoms with Crippen LogP contribution in [-0.4, -0.2) is 0 Å². The fourth-order valence-electron chi connectivity index (χ4n) is 4.86. The number of anilines is 6. The summed E-state index contributed by atoms with van der Waals surface area (Å²) in [7, 11) is 0. The van der Waals surface area contributed by atoms with Crippen molar-refractivity contribution in [2.75, 3.05) is 9.80 Å². The zero-order chi connectivity index (χ0) is 27.0. The molecule has 0 unspecified atom stereocenters. The monoisotopic (exact) mass is 530 g/mol. The molecule has 0 bridgehead atoms. The molecule has 0 aliphatic carbocycles. The van der Waals surface area contributed by atoms with Crippen LogP contribution < -0.4 is 9.80 Å². The van der Waals surface area contributed by atoms with Crippen LogP contribution in [0.2, 0.25) is 0 Å². The first kappa shape index (κ1) is 27.2. The molecule has 6 rings (SSSR count). The van der Waals surface area contributed by atoms with Crippen molar-refractivity contribution < 1.29 is 0 Å². The summed E-state index contributed by atoms with van der Waals surface area (Å²) in [6, 6.07) is 59.3. The SMILES string of the molecule is C.C(=C\c1ccc(N(c2ccccc2)c2ccccc2)cc1)/c1ccc(N(c2ccccc2)c2ccccc2)cc1. The summed E-state index contributed by atoms with van der Waals surface area (Å²) >= 11 is 0. The topological polar surface area (TPSA) is 6.48 Å². The minimum atomic E-state index is 0. The molecule has 0 saturated carbocycles. The summed E-state index contributed by atoms with van der Waals surface area (Å²) in [4.78, 5) is 4.55. The molecule has 0 saturated heterocycles.